The van der Waals surface area contributed by atoms with Gasteiger partial charge in [0.25, 0.3) is 0 Å². The van der Waals surface area contributed by atoms with Crippen LogP contribution in [0.1, 0.15) is 60.4 Å². The first-order valence-electron chi connectivity index (χ1n) is 13.5. The lowest BCUT2D eigenvalue weighted by atomic mass is 9.68. The maximum atomic E-state index is 14.0. The average Bonchev–Trinajstić information content (AvgIpc) is 2.89. The number of nitriles is 1. The quantitative estimate of drug-likeness (QED) is 0.292. The van der Waals surface area contributed by atoms with Gasteiger partial charge in [-0.15, -0.1) is 11.8 Å². The molecular formula is C34H34BrN3OS. The van der Waals surface area contributed by atoms with E-state index in [2.05, 4.69) is 93.0 Å². The van der Waals surface area contributed by atoms with Gasteiger partial charge < -0.3 is 5.73 Å². The van der Waals surface area contributed by atoms with Gasteiger partial charge in [-0.3, -0.25) is 9.69 Å². The topological polar surface area (TPSA) is 70.1 Å². The minimum Gasteiger partial charge on any atom is -0.384 e. The van der Waals surface area contributed by atoms with Crippen molar-refractivity contribution in [2.75, 3.05) is 4.90 Å². The number of rotatable bonds is 5. The van der Waals surface area contributed by atoms with Gasteiger partial charge in [-0.05, 0) is 85.2 Å². The molecule has 204 valence electrons. The van der Waals surface area contributed by atoms with Crippen molar-refractivity contribution in [2.24, 2.45) is 11.1 Å². The third-order valence-electron chi connectivity index (χ3n) is 7.95. The summed E-state index contributed by atoms with van der Waals surface area (Å²) in [5.41, 5.74) is 15.2. The summed E-state index contributed by atoms with van der Waals surface area (Å²) in [7, 11) is 0. The van der Waals surface area contributed by atoms with E-state index < -0.39 is 5.92 Å². The van der Waals surface area contributed by atoms with E-state index in [1.165, 1.54) is 16.0 Å². The van der Waals surface area contributed by atoms with Crippen LogP contribution < -0.4 is 10.6 Å². The molecule has 0 spiro atoms. The van der Waals surface area contributed by atoms with Crippen molar-refractivity contribution < 1.29 is 4.79 Å². The summed E-state index contributed by atoms with van der Waals surface area (Å²) >= 11 is 5.33. The highest BCUT2D eigenvalue weighted by Crippen LogP contribution is 2.51. The van der Waals surface area contributed by atoms with E-state index in [0.717, 1.165) is 38.3 Å². The summed E-state index contributed by atoms with van der Waals surface area (Å²) in [5.74, 6) is 0.806. The second-order valence-electron chi connectivity index (χ2n) is 11.6. The van der Waals surface area contributed by atoms with Crippen LogP contribution in [-0.4, -0.2) is 5.78 Å². The molecule has 3 aromatic carbocycles. The van der Waals surface area contributed by atoms with Crippen LogP contribution >= 0.6 is 27.7 Å². The van der Waals surface area contributed by atoms with Crippen molar-refractivity contribution in [2.45, 2.75) is 64.0 Å². The van der Waals surface area contributed by atoms with Crippen LogP contribution in [0.3, 0.4) is 0 Å². The number of benzene rings is 3. The Bertz CT molecular complexity index is 1610. The molecule has 0 amide bonds. The second-order valence-corrected chi connectivity index (χ2v) is 13.6. The fourth-order valence-corrected chi connectivity index (χ4v) is 7.34. The molecule has 2 N–H and O–H groups in total. The van der Waals surface area contributed by atoms with Gasteiger partial charge in [0.2, 0.25) is 0 Å². The van der Waals surface area contributed by atoms with Crippen molar-refractivity contribution >= 4 is 39.2 Å². The number of nitrogens with two attached hydrogens (primary N) is 1. The van der Waals surface area contributed by atoms with Crippen molar-refractivity contribution in [3.05, 3.63) is 116 Å². The first-order chi connectivity index (χ1) is 19.0. The van der Waals surface area contributed by atoms with Crippen LogP contribution in [0.15, 0.2) is 92.7 Å². The maximum Gasteiger partial charge on any atom is 0.162 e. The molecule has 3 aromatic rings. The number of aryl methyl sites for hydroxylation is 2. The normalized spacial score (nSPS) is 18.6. The fourth-order valence-electron chi connectivity index (χ4n) is 5.99. The molecule has 2 aliphatic rings. The molecule has 4 nitrogen and oxygen atoms in total. The van der Waals surface area contributed by atoms with Gasteiger partial charge in [0.05, 0.1) is 17.6 Å². The maximum absolute atomic E-state index is 14.0. The minimum atomic E-state index is -0.489. The lowest BCUT2D eigenvalue weighted by Crippen LogP contribution is -2.42. The van der Waals surface area contributed by atoms with Gasteiger partial charge in [-0.1, -0.05) is 65.7 Å². The Balaban J connectivity index is 1.67. The van der Waals surface area contributed by atoms with Gasteiger partial charge in [0.1, 0.15) is 5.82 Å². The van der Waals surface area contributed by atoms with E-state index in [4.69, 9.17) is 5.73 Å². The smallest absolute Gasteiger partial charge is 0.162 e. The summed E-state index contributed by atoms with van der Waals surface area (Å²) in [6, 6.07) is 23.1. The zero-order chi connectivity index (χ0) is 28.8. The molecule has 6 heteroatoms. The van der Waals surface area contributed by atoms with Gasteiger partial charge in [-0.25, -0.2) is 0 Å². The third-order valence-corrected chi connectivity index (χ3v) is 9.71. The predicted octanol–water partition coefficient (Wildman–Crippen LogP) is 8.61. The number of ketones is 1. The number of thioether (sulfide) groups is 1. The number of carbonyl (C=O) groups is 1. The molecule has 0 aromatic heterocycles. The molecule has 0 saturated carbocycles. The number of halogens is 1. The molecule has 1 aliphatic carbocycles. The van der Waals surface area contributed by atoms with Crippen LogP contribution in [0.4, 0.5) is 5.69 Å². The second kappa shape index (κ2) is 11.0. The molecule has 0 saturated heterocycles. The van der Waals surface area contributed by atoms with Crippen LogP contribution in [0.2, 0.25) is 0 Å². The van der Waals surface area contributed by atoms with Crippen molar-refractivity contribution in [1.82, 2.24) is 0 Å². The number of Topliss-reactive ketones (excluding diaryl/α,β-unsaturated/α-hetero) is 1. The largest absolute Gasteiger partial charge is 0.384 e. The van der Waals surface area contributed by atoms with Crippen LogP contribution in [0.25, 0.3) is 0 Å². The number of allylic oxidation sites excluding steroid dienone is 3. The Labute approximate surface area is 250 Å². The number of nitrogens with zero attached hydrogens (tertiary/aromatic N) is 2. The monoisotopic (exact) mass is 611 g/mol. The zero-order valence-corrected chi connectivity index (χ0v) is 26.0. The van der Waals surface area contributed by atoms with E-state index in [1.807, 2.05) is 40.9 Å². The Kier molecular flexibility index (Phi) is 7.74. The molecule has 5 rings (SSSR count). The average molecular weight is 613 g/mol. The van der Waals surface area contributed by atoms with E-state index in [-0.39, 0.29) is 11.2 Å². The highest BCUT2D eigenvalue weighted by Gasteiger charge is 2.45. The summed E-state index contributed by atoms with van der Waals surface area (Å²) in [5, 5.41) is 10.5. The number of hydrogen-bond acceptors (Lipinski definition) is 5. The first kappa shape index (κ1) is 28.3. The molecular weight excluding hydrogens is 578 g/mol. The van der Waals surface area contributed by atoms with E-state index in [1.54, 1.807) is 0 Å². The molecule has 0 fully saturated rings. The molecule has 40 heavy (non-hydrogen) atoms. The first-order valence-corrected chi connectivity index (χ1v) is 15.3. The predicted molar refractivity (Wildman–Crippen MR) is 168 cm³/mol. The molecule has 1 atom stereocenters. The summed E-state index contributed by atoms with van der Waals surface area (Å²) in [6.07, 6.45) is 1.14. The third kappa shape index (κ3) is 5.25. The van der Waals surface area contributed by atoms with E-state index in [0.29, 0.717) is 29.8 Å². The highest BCUT2D eigenvalue weighted by atomic mass is 79.9. The lowest BCUT2D eigenvalue weighted by molar-refractivity contribution is -0.118. The van der Waals surface area contributed by atoms with Gasteiger partial charge >= 0.3 is 0 Å². The summed E-state index contributed by atoms with van der Waals surface area (Å²) < 4.78 is 0.954. The zero-order valence-electron chi connectivity index (χ0n) is 23.6. The van der Waals surface area contributed by atoms with Crippen LogP contribution in [0, 0.1) is 37.5 Å². The molecule has 1 unspecified atom stereocenters. The van der Waals surface area contributed by atoms with Gasteiger partial charge in [0.15, 0.2) is 5.78 Å². The standard InChI is InChI=1S/C34H34BrN3OS/c1-20-14-23(19-40-30-9-7-6-8-21(30)2)22(3)26(15-20)31-27(18-36)33(37)38(25-12-10-24(35)11-13-25)28-16-34(4,5)17-29(39)32(28)31/h6-15,31H,16-17,19,37H2,1-5H3. The fraction of sp³-hybridized carbons (Fsp3) is 0.294. The number of carbonyl (C=O) groups excluding carboxylic acids is 1. The molecule has 0 bridgehead atoms. The van der Waals surface area contributed by atoms with E-state index >= 15 is 0 Å². The number of anilines is 1. The molecule has 0 radical (unpaired) electrons. The van der Waals surface area contributed by atoms with Crippen molar-refractivity contribution in [1.29, 1.82) is 5.26 Å². The Morgan fingerprint density at radius 3 is 2.45 bits per heavy atom. The summed E-state index contributed by atoms with van der Waals surface area (Å²) in [4.78, 5) is 17.2. The minimum absolute atomic E-state index is 0.0929. The summed E-state index contributed by atoms with van der Waals surface area (Å²) in [6.45, 7) is 10.6. The Morgan fingerprint density at radius 2 is 1.77 bits per heavy atom. The lowest BCUT2D eigenvalue weighted by Gasteiger charge is -2.44. The Morgan fingerprint density at radius 1 is 1.07 bits per heavy atom. The van der Waals surface area contributed by atoms with Crippen molar-refractivity contribution in [3.63, 3.8) is 0 Å². The van der Waals surface area contributed by atoms with Crippen LogP contribution in [-0.2, 0) is 10.5 Å². The van der Waals surface area contributed by atoms with E-state index in [9.17, 15) is 10.1 Å². The van der Waals surface area contributed by atoms with Gasteiger partial charge in [0, 0.05) is 38.5 Å². The van der Waals surface area contributed by atoms with Gasteiger partial charge in [-0.2, -0.15) is 5.26 Å². The molecule has 1 heterocycles. The Hall–Kier alpha value is -3.27. The number of hydrogen-bond donors (Lipinski definition) is 1. The highest BCUT2D eigenvalue weighted by molar-refractivity contribution is 9.10. The van der Waals surface area contributed by atoms with Crippen LogP contribution in [0.5, 0.6) is 0 Å². The molecule has 1 aliphatic heterocycles. The van der Waals surface area contributed by atoms with Crippen molar-refractivity contribution in [3.8, 4) is 6.07 Å². The SMILES string of the molecule is Cc1cc(CSc2ccccc2C)c(C)c(C2C(C#N)=C(N)N(c3ccc(Br)cc3)C3=C2C(=O)CC(C)(C)C3)c1.